The van der Waals surface area contributed by atoms with Gasteiger partial charge in [-0.15, -0.1) is 0 Å². The Labute approximate surface area is 193 Å². The number of amides is 1. The van der Waals surface area contributed by atoms with Gasteiger partial charge < -0.3 is 9.73 Å². The van der Waals surface area contributed by atoms with E-state index in [1.54, 1.807) is 7.05 Å². The first-order valence-corrected chi connectivity index (χ1v) is 12.6. The van der Waals surface area contributed by atoms with Gasteiger partial charge in [0.05, 0.1) is 22.8 Å². The van der Waals surface area contributed by atoms with Crippen LogP contribution in [0, 0.1) is 18.3 Å². The summed E-state index contributed by atoms with van der Waals surface area (Å²) in [4.78, 5) is 17.3. The molecule has 2 heterocycles. The van der Waals surface area contributed by atoms with Crippen molar-refractivity contribution in [2.45, 2.75) is 44.9 Å². The van der Waals surface area contributed by atoms with Crippen LogP contribution in [0.25, 0.3) is 22.4 Å². The normalized spacial score (nSPS) is 13.6. The number of furan rings is 1. The van der Waals surface area contributed by atoms with E-state index >= 15 is 0 Å². The number of unbranched alkanes of at least 4 members (excludes halogenated alkanes) is 2. The van der Waals surface area contributed by atoms with E-state index in [-0.39, 0.29) is 29.1 Å². The lowest BCUT2D eigenvalue weighted by Gasteiger charge is -2.11. The van der Waals surface area contributed by atoms with Crippen LogP contribution < -0.4 is 10.0 Å². The first-order chi connectivity index (χ1) is 15.8. The van der Waals surface area contributed by atoms with E-state index in [0.29, 0.717) is 36.0 Å². The fraction of sp³-hybridized carbons (Fsp3) is 0.375. The molecule has 1 aliphatic carbocycles. The number of pyridine rings is 1. The molecule has 1 amide bonds. The fourth-order valence-corrected chi connectivity index (χ4v) is 4.92. The molecule has 0 saturated heterocycles. The third-order valence-electron chi connectivity index (χ3n) is 5.70. The predicted octanol–water partition coefficient (Wildman–Crippen LogP) is 4.48. The summed E-state index contributed by atoms with van der Waals surface area (Å²) >= 11 is 0. The summed E-state index contributed by atoms with van der Waals surface area (Å²) in [6.07, 6.45) is 3.10. The van der Waals surface area contributed by atoms with Crippen molar-refractivity contribution in [1.82, 2.24) is 10.3 Å². The van der Waals surface area contributed by atoms with Crippen LogP contribution in [0.2, 0.25) is 0 Å². The lowest BCUT2D eigenvalue weighted by molar-refractivity contribution is 0.0964. The highest BCUT2D eigenvalue weighted by molar-refractivity contribution is 7.92. The molecule has 0 bridgehead atoms. The van der Waals surface area contributed by atoms with Crippen molar-refractivity contribution in [2.24, 2.45) is 0 Å². The number of benzene rings is 1. The Balaban J connectivity index is 1.78. The highest BCUT2D eigenvalue weighted by Crippen LogP contribution is 2.45. The van der Waals surface area contributed by atoms with Gasteiger partial charge >= 0.3 is 0 Å². The summed E-state index contributed by atoms with van der Waals surface area (Å²) < 4.78 is 33.9. The van der Waals surface area contributed by atoms with Crippen molar-refractivity contribution in [2.75, 3.05) is 17.5 Å². The van der Waals surface area contributed by atoms with Crippen LogP contribution in [0.4, 0.5) is 5.82 Å². The minimum Gasteiger partial charge on any atom is -0.437 e. The summed E-state index contributed by atoms with van der Waals surface area (Å²) in [6, 6.07) is 11.5. The molecule has 0 spiro atoms. The molecule has 2 aromatic heterocycles. The van der Waals surface area contributed by atoms with Crippen LogP contribution in [0.1, 0.15) is 59.5 Å². The number of anilines is 1. The lowest BCUT2D eigenvalue weighted by Crippen LogP contribution is -2.19. The van der Waals surface area contributed by atoms with Crippen LogP contribution in [0.3, 0.4) is 0 Å². The SMILES string of the molecule is CNC(=O)c1c(-c2ccc(C)cc2)oc2nc(NS(=O)(=O)CCCCC#N)c(C3CC3)cc12. The molecule has 3 aromatic rings. The van der Waals surface area contributed by atoms with Crippen LogP contribution in [-0.4, -0.2) is 32.1 Å². The Hall–Kier alpha value is -3.38. The zero-order chi connectivity index (χ0) is 23.6. The van der Waals surface area contributed by atoms with E-state index in [1.165, 1.54) is 0 Å². The zero-order valence-electron chi connectivity index (χ0n) is 18.6. The Morgan fingerprint density at radius 2 is 1.97 bits per heavy atom. The molecule has 8 nitrogen and oxygen atoms in total. The average molecular weight is 467 g/mol. The predicted molar refractivity (Wildman–Crippen MR) is 126 cm³/mol. The number of carbonyl (C=O) groups excluding carboxylic acids is 1. The van der Waals surface area contributed by atoms with Crippen molar-refractivity contribution in [1.29, 1.82) is 5.26 Å². The van der Waals surface area contributed by atoms with Crippen LogP contribution in [0.15, 0.2) is 34.7 Å². The van der Waals surface area contributed by atoms with E-state index < -0.39 is 10.0 Å². The van der Waals surface area contributed by atoms with Gasteiger partial charge in [-0.1, -0.05) is 29.8 Å². The van der Waals surface area contributed by atoms with Gasteiger partial charge in [-0.05, 0) is 50.2 Å². The maximum atomic E-state index is 12.8. The van der Waals surface area contributed by atoms with Crippen molar-refractivity contribution in [3.63, 3.8) is 0 Å². The van der Waals surface area contributed by atoms with Crippen LogP contribution in [-0.2, 0) is 10.0 Å². The van der Waals surface area contributed by atoms with Gasteiger partial charge in [0, 0.05) is 19.0 Å². The molecule has 0 atom stereocenters. The quantitative estimate of drug-likeness (QED) is 0.448. The zero-order valence-corrected chi connectivity index (χ0v) is 19.5. The molecule has 2 N–H and O–H groups in total. The van der Waals surface area contributed by atoms with Gasteiger partial charge in [-0.3, -0.25) is 9.52 Å². The van der Waals surface area contributed by atoms with E-state index in [1.807, 2.05) is 43.3 Å². The second-order valence-electron chi connectivity index (χ2n) is 8.34. The largest absolute Gasteiger partial charge is 0.437 e. The number of aryl methyl sites for hydroxylation is 1. The topological polar surface area (TPSA) is 125 Å². The third kappa shape index (κ3) is 5.01. The molecular formula is C24H26N4O4S. The number of hydrogen-bond donors (Lipinski definition) is 2. The molecule has 0 aliphatic heterocycles. The summed E-state index contributed by atoms with van der Waals surface area (Å²) in [5.41, 5.74) is 3.18. The maximum absolute atomic E-state index is 12.8. The number of nitrogens with one attached hydrogen (secondary N) is 2. The van der Waals surface area contributed by atoms with E-state index in [4.69, 9.17) is 9.68 Å². The van der Waals surface area contributed by atoms with Crippen LogP contribution in [0.5, 0.6) is 0 Å². The number of rotatable bonds is 9. The summed E-state index contributed by atoms with van der Waals surface area (Å²) in [5.74, 6) is 0.453. The van der Waals surface area contributed by atoms with Gasteiger partial charge in [0.2, 0.25) is 15.7 Å². The number of aromatic nitrogens is 1. The standard InChI is InChI=1S/C24H26N4O4S/c1-15-6-8-17(9-7-15)21-20(23(29)26-2)19-14-18(16-10-11-16)22(27-24(19)32-21)28-33(30,31)13-5-3-4-12-25/h6-9,14,16H,3-5,10-11,13H2,1-2H3,(H,26,29)(H,27,28). The summed E-state index contributed by atoms with van der Waals surface area (Å²) in [6.45, 7) is 1.98. The van der Waals surface area contributed by atoms with Crippen molar-refractivity contribution >= 4 is 32.8 Å². The summed E-state index contributed by atoms with van der Waals surface area (Å²) in [5, 5.41) is 11.9. The minimum absolute atomic E-state index is 0.0885. The minimum atomic E-state index is -3.64. The lowest BCUT2D eigenvalue weighted by atomic mass is 10.0. The highest BCUT2D eigenvalue weighted by Gasteiger charge is 2.31. The van der Waals surface area contributed by atoms with E-state index in [2.05, 4.69) is 15.0 Å². The molecule has 4 rings (SSSR count). The Morgan fingerprint density at radius 3 is 2.61 bits per heavy atom. The first-order valence-electron chi connectivity index (χ1n) is 11.0. The first kappa shape index (κ1) is 22.8. The fourth-order valence-electron chi connectivity index (χ4n) is 3.78. The second kappa shape index (κ2) is 9.24. The molecule has 0 radical (unpaired) electrons. The molecular weight excluding hydrogens is 440 g/mol. The van der Waals surface area contributed by atoms with Crippen molar-refractivity contribution < 1.29 is 17.6 Å². The van der Waals surface area contributed by atoms with E-state index in [0.717, 1.165) is 29.5 Å². The van der Waals surface area contributed by atoms with Crippen molar-refractivity contribution in [3.05, 3.63) is 47.0 Å². The number of nitrogens with zero attached hydrogens (tertiary/aromatic N) is 2. The van der Waals surface area contributed by atoms with Crippen LogP contribution >= 0.6 is 0 Å². The number of fused-ring (bicyclic) bond motifs is 1. The third-order valence-corrected chi connectivity index (χ3v) is 7.03. The number of nitriles is 1. The Morgan fingerprint density at radius 1 is 1.24 bits per heavy atom. The molecule has 9 heteroatoms. The smallest absolute Gasteiger partial charge is 0.255 e. The molecule has 172 valence electrons. The summed E-state index contributed by atoms with van der Waals surface area (Å²) in [7, 11) is -2.08. The van der Waals surface area contributed by atoms with Gasteiger partial charge in [0.15, 0.2) is 0 Å². The van der Waals surface area contributed by atoms with Gasteiger partial charge in [-0.2, -0.15) is 10.2 Å². The second-order valence-corrected chi connectivity index (χ2v) is 10.2. The molecule has 1 fully saturated rings. The average Bonchev–Trinajstić information content (AvgIpc) is 3.56. The molecule has 0 unspecified atom stereocenters. The molecule has 1 saturated carbocycles. The highest BCUT2D eigenvalue weighted by atomic mass is 32.2. The van der Waals surface area contributed by atoms with Gasteiger partial charge in [-0.25, -0.2) is 8.42 Å². The monoisotopic (exact) mass is 466 g/mol. The van der Waals surface area contributed by atoms with Gasteiger partial charge in [0.25, 0.3) is 5.91 Å². The Bertz CT molecular complexity index is 1330. The number of hydrogen-bond acceptors (Lipinski definition) is 6. The van der Waals surface area contributed by atoms with E-state index in [9.17, 15) is 13.2 Å². The van der Waals surface area contributed by atoms with Gasteiger partial charge in [0.1, 0.15) is 11.6 Å². The maximum Gasteiger partial charge on any atom is 0.255 e. The molecule has 1 aromatic carbocycles. The molecule has 33 heavy (non-hydrogen) atoms. The Kier molecular flexibility index (Phi) is 6.38. The molecule has 1 aliphatic rings. The number of sulfonamides is 1. The van der Waals surface area contributed by atoms with Crippen molar-refractivity contribution in [3.8, 4) is 17.4 Å². The number of carbonyl (C=O) groups is 1.